The number of rotatable bonds is 7. The van der Waals surface area contributed by atoms with Crippen LogP contribution in [0.15, 0.2) is 47.5 Å². The summed E-state index contributed by atoms with van der Waals surface area (Å²) in [7, 11) is 0. The van der Waals surface area contributed by atoms with Gasteiger partial charge in [0.25, 0.3) is 0 Å². The molecule has 1 aliphatic rings. The van der Waals surface area contributed by atoms with Crippen molar-refractivity contribution in [1.29, 1.82) is 0 Å². The molecule has 1 aromatic heterocycles. The van der Waals surface area contributed by atoms with E-state index in [4.69, 9.17) is 9.47 Å². The standard InChI is InChI=1S/C22H22F3N3O5S/c1-2-32-12-4-3-5-13(8-12)34-22-21(31)19(20(30)17(10-29)33-22)28-9-16(26-27-28)11-6-14(23)18(25)15(24)7-11/h3-9,17,19-22,29-31H,2,10H2,1H3/t17?,19-,20-,21?,22+/m0/s1. The van der Waals surface area contributed by atoms with Crippen molar-refractivity contribution in [2.75, 3.05) is 13.2 Å². The Morgan fingerprint density at radius 1 is 1.12 bits per heavy atom. The third-order valence-corrected chi connectivity index (χ3v) is 6.46. The summed E-state index contributed by atoms with van der Waals surface area (Å²) in [6.07, 6.45) is -2.47. The van der Waals surface area contributed by atoms with Gasteiger partial charge in [-0.25, -0.2) is 17.9 Å². The van der Waals surface area contributed by atoms with Gasteiger partial charge in [-0.3, -0.25) is 0 Å². The summed E-state index contributed by atoms with van der Waals surface area (Å²) < 4.78 is 52.9. The maximum atomic E-state index is 13.6. The Labute approximate surface area is 196 Å². The van der Waals surface area contributed by atoms with Crippen molar-refractivity contribution in [3.63, 3.8) is 0 Å². The van der Waals surface area contributed by atoms with Crippen LogP contribution in [0, 0.1) is 17.5 Å². The van der Waals surface area contributed by atoms with Crippen LogP contribution in [0.3, 0.4) is 0 Å². The molecule has 0 amide bonds. The third-order valence-electron chi connectivity index (χ3n) is 5.31. The first kappa shape index (κ1) is 24.5. The maximum Gasteiger partial charge on any atom is 0.194 e. The zero-order valence-corrected chi connectivity index (χ0v) is 18.7. The summed E-state index contributed by atoms with van der Waals surface area (Å²) in [6.45, 7) is 1.80. The average Bonchev–Trinajstić information content (AvgIpc) is 3.29. The number of hydrogen-bond donors (Lipinski definition) is 3. The minimum Gasteiger partial charge on any atom is -0.494 e. The topological polar surface area (TPSA) is 110 Å². The van der Waals surface area contributed by atoms with Crippen LogP contribution in [0.2, 0.25) is 0 Å². The Bertz CT molecular complexity index is 1130. The van der Waals surface area contributed by atoms with Crippen LogP contribution in [0.5, 0.6) is 5.75 Å². The van der Waals surface area contributed by atoms with Crippen LogP contribution in [-0.4, -0.2) is 67.3 Å². The predicted molar refractivity (Wildman–Crippen MR) is 116 cm³/mol. The Morgan fingerprint density at radius 3 is 2.53 bits per heavy atom. The van der Waals surface area contributed by atoms with Crippen molar-refractivity contribution < 1.29 is 38.0 Å². The van der Waals surface area contributed by atoms with Crippen LogP contribution in [0.1, 0.15) is 13.0 Å². The molecule has 0 spiro atoms. The molecule has 2 unspecified atom stereocenters. The second kappa shape index (κ2) is 10.3. The molecule has 0 radical (unpaired) electrons. The van der Waals surface area contributed by atoms with E-state index in [1.807, 2.05) is 6.92 Å². The van der Waals surface area contributed by atoms with Gasteiger partial charge in [0.1, 0.15) is 41.2 Å². The number of aromatic nitrogens is 3. The molecule has 34 heavy (non-hydrogen) atoms. The number of aliphatic hydroxyl groups excluding tert-OH is 3. The molecule has 4 rings (SSSR count). The number of ether oxygens (including phenoxy) is 2. The number of thioether (sulfide) groups is 1. The van der Waals surface area contributed by atoms with E-state index in [-0.39, 0.29) is 11.3 Å². The molecule has 1 fully saturated rings. The first-order chi connectivity index (χ1) is 16.3. The van der Waals surface area contributed by atoms with Gasteiger partial charge >= 0.3 is 0 Å². The Kier molecular flexibility index (Phi) is 7.43. The predicted octanol–water partition coefficient (Wildman–Crippen LogP) is 2.53. The summed E-state index contributed by atoms with van der Waals surface area (Å²) in [4.78, 5) is 0.721. The molecule has 1 saturated heterocycles. The van der Waals surface area contributed by atoms with Crippen LogP contribution < -0.4 is 4.74 Å². The Hall–Kier alpha value is -2.64. The van der Waals surface area contributed by atoms with Gasteiger partial charge in [-0.1, -0.05) is 23.0 Å². The zero-order chi connectivity index (χ0) is 24.4. The van der Waals surface area contributed by atoms with Crippen molar-refractivity contribution in [2.24, 2.45) is 0 Å². The van der Waals surface area contributed by atoms with E-state index < -0.39 is 53.8 Å². The van der Waals surface area contributed by atoms with Gasteiger partial charge in [0.2, 0.25) is 0 Å². The number of halogens is 3. The normalized spacial score (nSPS) is 24.9. The molecule has 3 aromatic rings. The average molecular weight is 497 g/mol. The van der Waals surface area contributed by atoms with Gasteiger partial charge in [0, 0.05) is 10.5 Å². The SMILES string of the molecule is CCOc1cccc(S[C@H]2OC(CO)[C@H](O)[C@H](n3cc(-c4cc(F)c(F)c(F)c4)nn3)C2O)c1. The van der Waals surface area contributed by atoms with Gasteiger partial charge in [0.05, 0.1) is 19.4 Å². The van der Waals surface area contributed by atoms with Gasteiger partial charge in [-0.15, -0.1) is 5.10 Å². The van der Waals surface area contributed by atoms with E-state index in [1.165, 1.54) is 6.20 Å². The molecular weight excluding hydrogens is 475 g/mol. The molecule has 12 heteroatoms. The molecule has 5 atom stereocenters. The minimum atomic E-state index is -1.61. The summed E-state index contributed by atoms with van der Waals surface area (Å²) in [6, 6.07) is 7.56. The summed E-state index contributed by atoms with van der Waals surface area (Å²) in [5.41, 5.74) is -0.982. The quantitative estimate of drug-likeness (QED) is 0.428. The fourth-order valence-corrected chi connectivity index (χ4v) is 4.78. The van der Waals surface area contributed by atoms with Gasteiger partial charge < -0.3 is 24.8 Å². The highest BCUT2D eigenvalue weighted by Gasteiger charge is 2.46. The van der Waals surface area contributed by atoms with E-state index in [0.717, 1.165) is 33.5 Å². The highest BCUT2D eigenvalue weighted by atomic mass is 32.2. The van der Waals surface area contributed by atoms with Crippen LogP contribution in [0.4, 0.5) is 13.2 Å². The van der Waals surface area contributed by atoms with Crippen LogP contribution in [0.25, 0.3) is 11.3 Å². The molecule has 182 valence electrons. The zero-order valence-electron chi connectivity index (χ0n) is 17.9. The number of nitrogens with zero attached hydrogens (tertiary/aromatic N) is 3. The first-order valence-corrected chi connectivity index (χ1v) is 11.3. The highest BCUT2D eigenvalue weighted by Crippen LogP contribution is 2.39. The van der Waals surface area contributed by atoms with Crippen molar-refractivity contribution in [3.05, 3.63) is 60.0 Å². The minimum absolute atomic E-state index is 0.00198. The lowest BCUT2D eigenvalue weighted by Crippen LogP contribution is -2.55. The van der Waals surface area contributed by atoms with Gasteiger partial charge in [0.15, 0.2) is 17.5 Å². The fourth-order valence-electron chi connectivity index (χ4n) is 3.67. The molecule has 2 aromatic carbocycles. The number of benzene rings is 2. The Morgan fingerprint density at radius 2 is 1.85 bits per heavy atom. The second-order valence-electron chi connectivity index (χ2n) is 7.56. The molecule has 1 aliphatic heterocycles. The highest BCUT2D eigenvalue weighted by molar-refractivity contribution is 7.99. The van der Waals surface area contributed by atoms with Crippen molar-refractivity contribution in [2.45, 2.75) is 41.6 Å². The summed E-state index contributed by atoms with van der Waals surface area (Å²) in [5.74, 6) is -3.75. The van der Waals surface area contributed by atoms with Crippen molar-refractivity contribution >= 4 is 11.8 Å². The lowest BCUT2D eigenvalue weighted by molar-refractivity contribution is -0.178. The van der Waals surface area contributed by atoms with Gasteiger partial charge in [-0.2, -0.15) is 0 Å². The van der Waals surface area contributed by atoms with E-state index in [1.54, 1.807) is 24.3 Å². The molecule has 8 nitrogen and oxygen atoms in total. The second-order valence-corrected chi connectivity index (χ2v) is 8.73. The van der Waals surface area contributed by atoms with Crippen LogP contribution >= 0.6 is 11.8 Å². The van der Waals surface area contributed by atoms with Crippen molar-refractivity contribution in [3.8, 4) is 17.0 Å². The lowest BCUT2D eigenvalue weighted by Gasteiger charge is -2.41. The van der Waals surface area contributed by atoms with E-state index in [0.29, 0.717) is 12.4 Å². The van der Waals surface area contributed by atoms with Gasteiger partial charge in [-0.05, 0) is 37.3 Å². The molecular formula is C22H22F3N3O5S. The van der Waals surface area contributed by atoms with Crippen molar-refractivity contribution in [1.82, 2.24) is 15.0 Å². The van der Waals surface area contributed by atoms with E-state index in [2.05, 4.69) is 10.3 Å². The molecule has 3 N–H and O–H groups in total. The molecule has 0 aliphatic carbocycles. The first-order valence-electron chi connectivity index (χ1n) is 10.4. The molecule has 2 heterocycles. The summed E-state index contributed by atoms with van der Waals surface area (Å²) in [5, 5.41) is 39.2. The Balaban J connectivity index is 1.61. The fraction of sp³-hybridized carbons (Fsp3) is 0.364. The van der Waals surface area contributed by atoms with Crippen LogP contribution in [-0.2, 0) is 4.74 Å². The number of aliphatic hydroxyl groups is 3. The molecule has 0 saturated carbocycles. The summed E-state index contributed by atoms with van der Waals surface area (Å²) >= 11 is 1.16. The number of hydrogen-bond acceptors (Lipinski definition) is 8. The monoisotopic (exact) mass is 497 g/mol. The third kappa shape index (κ3) is 4.91. The smallest absolute Gasteiger partial charge is 0.194 e. The molecule has 0 bridgehead atoms. The van der Waals surface area contributed by atoms with E-state index >= 15 is 0 Å². The maximum absolute atomic E-state index is 13.6. The van der Waals surface area contributed by atoms with E-state index in [9.17, 15) is 28.5 Å². The lowest BCUT2D eigenvalue weighted by atomic mass is 9.97. The largest absolute Gasteiger partial charge is 0.494 e.